The Morgan fingerprint density at radius 1 is 1.50 bits per heavy atom. The Bertz CT molecular complexity index is 345. The van der Waals surface area contributed by atoms with Crippen molar-refractivity contribution in [1.82, 2.24) is 0 Å². The number of methoxy groups -OCH3 is 1. The van der Waals surface area contributed by atoms with Gasteiger partial charge in [-0.1, -0.05) is 12.1 Å². The summed E-state index contributed by atoms with van der Waals surface area (Å²) in [6.07, 6.45) is 2.89. The third kappa shape index (κ3) is 3.31. The van der Waals surface area contributed by atoms with Crippen LogP contribution in [0.25, 0.3) is 0 Å². The molecule has 0 amide bonds. The van der Waals surface area contributed by atoms with Crippen LogP contribution in [0.3, 0.4) is 0 Å². The lowest BCUT2D eigenvalue weighted by Crippen LogP contribution is -1.96. The Kier molecular flexibility index (Phi) is 3.73. The molecule has 0 unspecified atom stereocenters. The zero-order valence-corrected chi connectivity index (χ0v) is 8.28. The first-order chi connectivity index (χ1) is 6.72. The number of ether oxygens (including phenoxy) is 1. The SMILES string of the molecule is COC(=O)/C=C\Nc1cccc(C)c1. The Hall–Kier alpha value is -1.77. The lowest BCUT2D eigenvalue weighted by Gasteiger charge is -2.00. The van der Waals surface area contributed by atoms with Gasteiger partial charge in [0.2, 0.25) is 0 Å². The largest absolute Gasteiger partial charge is 0.466 e. The number of carbonyl (C=O) groups excluding carboxylic acids is 1. The number of hydrogen-bond donors (Lipinski definition) is 1. The van der Waals surface area contributed by atoms with Crippen LogP contribution in [-0.4, -0.2) is 13.1 Å². The maximum Gasteiger partial charge on any atom is 0.331 e. The number of hydrogen-bond acceptors (Lipinski definition) is 3. The fourth-order valence-electron chi connectivity index (χ4n) is 1.01. The van der Waals surface area contributed by atoms with Gasteiger partial charge in [-0.3, -0.25) is 0 Å². The zero-order valence-electron chi connectivity index (χ0n) is 8.28. The van der Waals surface area contributed by atoms with Gasteiger partial charge in [-0.15, -0.1) is 0 Å². The first-order valence-corrected chi connectivity index (χ1v) is 4.30. The molecule has 3 nitrogen and oxygen atoms in total. The van der Waals surface area contributed by atoms with Crippen molar-refractivity contribution in [3.8, 4) is 0 Å². The Morgan fingerprint density at radius 2 is 2.29 bits per heavy atom. The Morgan fingerprint density at radius 3 is 2.93 bits per heavy atom. The van der Waals surface area contributed by atoms with Gasteiger partial charge in [0.05, 0.1) is 7.11 Å². The highest BCUT2D eigenvalue weighted by Crippen LogP contribution is 2.08. The van der Waals surface area contributed by atoms with Crippen molar-refractivity contribution >= 4 is 11.7 Å². The molecule has 0 aliphatic heterocycles. The summed E-state index contributed by atoms with van der Waals surface area (Å²) in [6.45, 7) is 2.01. The number of benzene rings is 1. The van der Waals surface area contributed by atoms with E-state index in [0.717, 1.165) is 5.69 Å². The maximum atomic E-state index is 10.7. The van der Waals surface area contributed by atoms with Gasteiger partial charge in [0.25, 0.3) is 0 Å². The quantitative estimate of drug-likeness (QED) is 0.587. The highest BCUT2D eigenvalue weighted by molar-refractivity contribution is 5.82. The maximum absolute atomic E-state index is 10.7. The summed E-state index contributed by atoms with van der Waals surface area (Å²) in [5.41, 5.74) is 2.12. The minimum absolute atomic E-state index is 0.370. The van der Waals surface area contributed by atoms with Crippen LogP contribution in [0.4, 0.5) is 5.69 Å². The van der Waals surface area contributed by atoms with Crippen molar-refractivity contribution in [2.45, 2.75) is 6.92 Å². The molecule has 0 aliphatic carbocycles. The molecule has 1 aromatic rings. The predicted molar refractivity (Wildman–Crippen MR) is 56.0 cm³/mol. The smallest absolute Gasteiger partial charge is 0.331 e. The molecule has 0 bridgehead atoms. The third-order valence-corrected chi connectivity index (χ3v) is 1.69. The van der Waals surface area contributed by atoms with Crippen molar-refractivity contribution in [1.29, 1.82) is 0 Å². The van der Waals surface area contributed by atoms with Gasteiger partial charge in [-0.2, -0.15) is 0 Å². The fraction of sp³-hybridized carbons (Fsp3) is 0.182. The van der Waals surface area contributed by atoms with Crippen molar-refractivity contribution in [2.75, 3.05) is 12.4 Å². The summed E-state index contributed by atoms with van der Waals surface area (Å²) in [7, 11) is 1.35. The van der Waals surface area contributed by atoms with Crippen LogP contribution in [0.1, 0.15) is 5.56 Å². The molecule has 74 valence electrons. The molecule has 14 heavy (non-hydrogen) atoms. The minimum Gasteiger partial charge on any atom is -0.466 e. The lowest BCUT2D eigenvalue weighted by atomic mass is 10.2. The molecule has 1 N–H and O–H groups in total. The van der Waals surface area contributed by atoms with E-state index in [4.69, 9.17) is 0 Å². The van der Waals surface area contributed by atoms with E-state index in [2.05, 4.69) is 10.1 Å². The summed E-state index contributed by atoms with van der Waals surface area (Å²) < 4.78 is 4.45. The van der Waals surface area contributed by atoms with Gasteiger partial charge in [-0.05, 0) is 24.6 Å². The topological polar surface area (TPSA) is 38.3 Å². The molecule has 0 saturated carbocycles. The number of carbonyl (C=O) groups is 1. The Labute approximate surface area is 83.4 Å². The average Bonchev–Trinajstić information content (AvgIpc) is 2.17. The zero-order chi connectivity index (χ0) is 10.4. The fourth-order valence-corrected chi connectivity index (χ4v) is 1.01. The average molecular weight is 191 g/mol. The van der Waals surface area contributed by atoms with Crippen LogP contribution >= 0.6 is 0 Å². The van der Waals surface area contributed by atoms with E-state index in [1.165, 1.54) is 18.7 Å². The van der Waals surface area contributed by atoms with Crippen LogP contribution in [0, 0.1) is 6.92 Å². The van der Waals surface area contributed by atoms with Crippen LogP contribution in [0.15, 0.2) is 36.5 Å². The Balaban J connectivity index is 2.53. The van der Waals surface area contributed by atoms with Gasteiger partial charge in [0, 0.05) is 18.0 Å². The number of aryl methyl sites for hydroxylation is 1. The van der Waals surface area contributed by atoms with Crippen LogP contribution in [-0.2, 0) is 9.53 Å². The summed E-state index contributed by atoms with van der Waals surface area (Å²) in [5.74, 6) is -0.370. The summed E-state index contributed by atoms with van der Waals surface area (Å²) in [4.78, 5) is 10.7. The second-order valence-corrected chi connectivity index (χ2v) is 2.87. The van der Waals surface area contributed by atoms with Crippen LogP contribution < -0.4 is 5.32 Å². The third-order valence-electron chi connectivity index (χ3n) is 1.69. The van der Waals surface area contributed by atoms with Crippen LogP contribution in [0.5, 0.6) is 0 Å². The van der Waals surface area contributed by atoms with Gasteiger partial charge >= 0.3 is 5.97 Å². The molecule has 1 aromatic carbocycles. The lowest BCUT2D eigenvalue weighted by molar-refractivity contribution is -0.134. The molecule has 0 saturated heterocycles. The van der Waals surface area contributed by atoms with Crippen molar-refractivity contribution in [3.05, 3.63) is 42.1 Å². The molecule has 0 aromatic heterocycles. The van der Waals surface area contributed by atoms with Gasteiger partial charge < -0.3 is 10.1 Å². The molecule has 0 atom stereocenters. The first kappa shape index (κ1) is 10.3. The monoisotopic (exact) mass is 191 g/mol. The summed E-state index contributed by atoms with van der Waals surface area (Å²) in [6, 6.07) is 7.87. The predicted octanol–water partition coefficient (Wildman–Crippen LogP) is 2.09. The standard InChI is InChI=1S/C11H13NO2/c1-9-4-3-5-10(8-9)12-7-6-11(13)14-2/h3-8,12H,1-2H3/b7-6-. The molecule has 0 radical (unpaired) electrons. The molecule has 0 fully saturated rings. The molecule has 0 spiro atoms. The first-order valence-electron chi connectivity index (χ1n) is 4.30. The molecule has 3 heteroatoms. The van der Waals surface area contributed by atoms with Crippen molar-refractivity contribution < 1.29 is 9.53 Å². The van der Waals surface area contributed by atoms with Gasteiger partial charge in [0.1, 0.15) is 0 Å². The second-order valence-electron chi connectivity index (χ2n) is 2.87. The molecular weight excluding hydrogens is 178 g/mol. The van der Waals surface area contributed by atoms with E-state index >= 15 is 0 Å². The van der Waals surface area contributed by atoms with Crippen LogP contribution in [0.2, 0.25) is 0 Å². The van der Waals surface area contributed by atoms with E-state index in [1.807, 2.05) is 31.2 Å². The molecule has 0 heterocycles. The summed E-state index contributed by atoms with van der Waals surface area (Å²) in [5, 5.41) is 2.97. The highest BCUT2D eigenvalue weighted by Gasteiger charge is 1.91. The van der Waals surface area contributed by atoms with E-state index in [1.54, 1.807) is 6.20 Å². The van der Waals surface area contributed by atoms with Crippen molar-refractivity contribution in [3.63, 3.8) is 0 Å². The number of anilines is 1. The number of rotatable bonds is 3. The van der Waals surface area contributed by atoms with E-state index in [9.17, 15) is 4.79 Å². The van der Waals surface area contributed by atoms with Crippen molar-refractivity contribution in [2.24, 2.45) is 0 Å². The molecule has 1 rings (SSSR count). The highest BCUT2D eigenvalue weighted by atomic mass is 16.5. The summed E-state index contributed by atoms with van der Waals surface area (Å²) >= 11 is 0. The normalized spacial score (nSPS) is 10.1. The molecule has 0 aliphatic rings. The minimum atomic E-state index is -0.370. The second kappa shape index (κ2) is 5.07. The van der Waals surface area contributed by atoms with E-state index in [0.29, 0.717) is 0 Å². The van der Waals surface area contributed by atoms with E-state index in [-0.39, 0.29) is 5.97 Å². The number of esters is 1. The number of nitrogens with one attached hydrogen (secondary N) is 1. The van der Waals surface area contributed by atoms with Gasteiger partial charge in [-0.25, -0.2) is 4.79 Å². The van der Waals surface area contributed by atoms with E-state index < -0.39 is 0 Å². The van der Waals surface area contributed by atoms with Gasteiger partial charge in [0.15, 0.2) is 0 Å². The molecular formula is C11H13NO2.